The molecule has 0 spiro atoms. The predicted octanol–water partition coefficient (Wildman–Crippen LogP) is 3.83. The second kappa shape index (κ2) is 5.89. The van der Waals surface area contributed by atoms with Gasteiger partial charge in [-0.25, -0.2) is 0 Å². The first kappa shape index (κ1) is 12.9. The molecule has 3 heteroatoms. The number of benzene rings is 2. The Hall–Kier alpha value is -1.51. The van der Waals surface area contributed by atoms with Crippen molar-refractivity contribution in [3.05, 3.63) is 59.1 Å². The van der Waals surface area contributed by atoms with Crippen molar-refractivity contribution >= 4 is 23.0 Å². The van der Waals surface area contributed by atoms with Crippen molar-refractivity contribution < 1.29 is 0 Å². The molecule has 2 nitrogen and oxygen atoms in total. The molecule has 94 valence electrons. The molecule has 0 heterocycles. The van der Waals surface area contributed by atoms with Gasteiger partial charge in [-0.1, -0.05) is 35.9 Å². The molecule has 0 amide bonds. The highest BCUT2D eigenvalue weighted by Gasteiger charge is 2.09. The molecule has 0 bridgehead atoms. The molecule has 0 saturated heterocycles. The summed E-state index contributed by atoms with van der Waals surface area (Å²) in [6.07, 6.45) is 0. The molecule has 0 saturated carbocycles. The van der Waals surface area contributed by atoms with Crippen LogP contribution in [0.5, 0.6) is 0 Å². The highest BCUT2D eigenvalue weighted by molar-refractivity contribution is 6.30. The van der Waals surface area contributed by atoms with Crippen LogP contribution in [0.1, 0.15) is 5.56 Å². The number of halogens is 1. The SMILES string of the molecule is CNCc1ccc(Cl)cc1N(C)c1ccccc1. The van der Waals surface area contributed by atoms with Crippen molar-refractivity contribution in [2.45, 2.75) is 6.54 Å². The Morgan fingerprint density at radius 1 is 1.11 bits per heavy atom. The third-order valence-electron chi connectivity index (χ3n) is 2.92. The highest BCUT2D eigenvalue weighted by atomic mass is 35.5. The standard InChI is InChI=1S/C15H17ClN2/c1-17-11-12-8-9-13(16)10-15(12)18(2)14-6-4-3-5-7-14/h3-10,17H,11H2,1-2H3. The van der Waals surface area contributed by atoms with Gasteiger partial charge in [0.2, 0.25) is 0 Å². The van der Waals surface area contributed by atoms with E-state index in [2.05, 4.69) is 35.5 Å². The number of nitrogens with one attached hydrogen (secondary N) is 1. The molecule has 0 radical (unpaired) electrons. The van der Waals surface area contributed by atoms with Gasteiger partial charge in [-0.15, -0.1) is 0 Å². The summed E-state index contributed by atoms with van der Waals surface area (Å²) in [6, 6.07) is 16.3. The van der Waals surface area contributed by atoms with Crippen molar-refractivity contribution in [3.8, 4) is 0 Å². The van der Waals surface area contributed by atoms with Crippen LogP contribution in [0.25, 0.3) is 0 Å². The van der Waals surface area contributed by atoms with E-state index in [-0.39, 0.29) is 0 Å². The molecule has 0 aliphatic rings. The summed E-state index contributed by atoms with van der Waals surface area (Å²) >= 11 is 6.10. The van der Waals surface area contributed by atoms with E-state index >= 15 is 0 Å². The van der Waals surface area contributed by atoms with Gasteiger partial charge >= 0.3 is 0 Å². The summed E-state index contributed by atoms with van der Waals surface area (Å²) in [5.41, 5.74) is 3.51. The summed E-state index contributed by atoms with van der Waals surface area (Å²) in [5.74, 6) is 0. The van der Waals surface area contributed by atoms with E-state index in [4.69, 9.17) is 11.6 Å². The summed E-state index contributed by atoms with van der Waals surface area (Å²) in [4.78, 5) is 2.15. The highest BCUT2D eigenvalue weighted by Crippen LogP contribution is 2.29. The van der Waals surface area contributed by atoms with Gasteiger partial charge in [0.15, 0.2) is 0 Å². The fourth-order valence-electron chi connectivity index (χ4n) is 1.98. The van der Waals surface area contributed by atoms with E-state index in [1.165, 1.54) is 5.56 Å². The average molecular weight is 261 g/mol. The van der Waals surface area contributed by atoms with E-state index in [0.717, 1.165) is 22.9 Å². The normalized spacial score (nSPS) is 10.4. The van der Waals surface area contributed by atoms with Crippen LogP contribution < -0.4 is 10.2 Å². The van der Waals surface area contributed by atoms with E-state index in [1.807, 2.05) is 37.4 Å². The smallest absolute Gasteiger partial charge is 0.0468 e. The molecule has 18 heavy (non-hydrogen) atoms. The van der Waals surface area contributed by atoms with Crippen molar-refractivity contribution in [3.63, 3.8) is 0 Å². The Morgan fingerprint density at radius 2 is 1.83 bits per heavy atom. The van der Waals surface area contributed by atoms with E-state index in [1.54, 1.807) is 0 Å². The third kappa shape index (κ3) is 2.84. The molecule has 0 unspecified atom stereocenters. The molecule has 2 rings (SSSR count). The first-order valence-electron chi connectivity index (χ1n) is 5.94. The fraction of sp³-hybridized carbons (Fsp3) is 0.200. The quantitative estimate of drug-likeness (QED) is 0.899. The number of nitrogens with zero attached hydrogens (tertiary/aromatic N) is 1. The number of para-hydroxylation sites is 1. The maximum absolute atomic E-state index is 6.10. The van der Waals surface area contributed by atoms with E-state index in [9.17, 15) is 0 Å². The van der Waals surface area contributed by atoms with Gasteiger partial charge in [-0.3, -0.25) is 0 Å². The molecule has 0 fully saturated rings. The lowest BCUT2D eigenvalue weighted by atomic mass is 10.1. The molecule has 1 N–H and O–H groups in total. The number of rotatable bonds is 4. The molecule has 2 aromatic rings. The van der Waals surface area contributed by atoms with E-state index in [0.29, 0.717) is 0 Å². The minimum absolute atomic E-state index is 0.757. The van der Waals surface area contributed by atoms with Crippen LogP contribution in [0.3, 0.4) is 0 Å². The monoisotopic (exact) mass is 260 g/mol. The van der Waals surface area contributed by atoms with Crippen molar-refractivity contribution in [1.29, 1.82) is 0 Å². The first-order chi connectivity index (χ1) is 8.72. The second-order valence-corrected chi connectivity index (χ2v) is 4.63. The van der Waals surface area contributed by atoms with Gasteiger partial charge in [0.25, 0.3) is 0 Å². The van der Waals surface area contributed by atoms with Gasteiger partial charge in [0, 0.05) is 30.0 Å². The molecular weight excluding hydrogens is 244 g/mol. The first-order valence-corrected chi connectivity index (χ1v) is 6.32. The van der Waals surface area contributed by atoms with Crippen LogP contribution in [-0.4, -0.2) is 14.1 Å². The van der Waals surface area contributed by atoms with Crippen LogP contribution in [0.15, 0.2) is 48.5 Å². The molecule has 0 aliphatic heterocycles. The third-order valence-corrected chi connectivity index (χ3v) is 3.15. The van der Waals surface area contributed by atoms with Crippen LogP contribution in [0, 0.1) is 0 Å². The van der Waals surface area contributed by atoms with Crippen LogP contribution in [-0.2, 0) is 6.54 Å². The topological polar surface area (TPSA) is 15.3 Å². The van der Waals surface area contributed by atoms with Crippen LogP contribution in [0.4, 0.5) is 11.4 Å². The largest absolute Gasteiger partial charge is 0.344 e. The Kier molecular flexibility index (Phi) is 4.24. The van der Waals surface area contributed by atoms with Gasteiger partial charge in [0.05, 0.1) is 0 Å². The Bertz CT molecular complexity index is 511. The summed E-state index contributed by atoms with van der Waals surface area (Å²) in [5, 5.41) is 3.94. The Balaban J connectivity index is 2.40. The number of hydrogen-bond donors (Lipinski definition) is 1. The summed E-state index contributed by atoms with van der Waals surface area (Å²) in [7, 11) is 4.00. The van der Waals surface area contributed by atoms with Crippen molar-refractivity contribution in [1.82, 2.24) is 5.32 Å². The lowest BCUT2D eigenvalue weighted by molar-refractivity contribution is 0.816. The molecule has 0 aliphatic carbocycles. The number of hydrogen-bond acceptors (Lipinski definition) is 2. The average Bonchev–Trinajstić information content (AvgIpc) is 2.41. The van der Waals surface area contributed by atoms with Crippen molar-refractivity contribution in [2.75, 3.05) is 19.0 Å². The zero-order valence-corrected chi connectivity index (χ0v) is 11.4. The minimum Gasteiger partial charge on any atom is -0.344 e. The van der Waals surface area contributed by atoms with Gasteiger partial charge in [-0.2, -0.15) is 0 Å². The van der Waals surface area contributed by atoms with Crippen LogP contribution in [0.2, 0.25) is 5.02 Å². The summed E-state index contributed by atoms with van der Waals surface area (Å²) < 4.78 is 0. The predicted molar refractivity (Wildman–Crippen MR) is 78.7 cm³/mol. The lowest BCUT2D eigenvalue weighted by Gasteiger charge is -2.23. The Morgan fingerprint density at radius 3 is 2.50 bits per heavy atom. The lowest BCUT2D eigenvalue weighted by Crippen LogP contribution is -2.14. The van der Waals surface area contributed by atoms with Crippen LogP contribution >= 0.6 is 11.6 Å². The fourth-order valence-corrected chi connectivity index (χ4v) is 2.15. The number of anilines is 2. The van der Waals surface area contributed by atoms with Gasteiger partial charge in [-0.05, 0) is 36.9 Å². The van der Waals surface area contributed by atoms with E-state index < -0.39 is 0 Å². The molecule has 0 aromatic heterocycles. The van der Waals surface area contributed by atoms with Gasteiger partial charge in [0.1, 0.15) is 0 Å². The zero-order valence-electron chi connectivity index (χ0n) is 10.7. The van der Waals surface area contributed by atoms with Crippen molar-refractivity contribution in [2.24, 2.45) is 0 Å². The molecule has 2 aromatic carbocycles. The minimum atomic E-state index is 0.757. The summed E-state index contributed by atoms with van der Waals surface area (Å²) in [6.45, 7) is 0.823. The maximum Gasteiger partial charge on any atom is 0.0468 e. The molecule has 0 atom stereocenters. The maximum atomic E-state index is 6.10. The molecular formula is C15H17ClN2. The second-order valence-electron chi connectivity index (χ2n) is 4.20. The zero-order chi connectivity index (χ0) is 13.0. The van der Waals surface area contributed by atoms with Gasteiger partial charge < -0.3 is 10.2 Å². The Labute approximate surface area is 113 Å².